The van der Waals surface area contributed by atoms with Crippen molar-refractivity contribution in [2.75, 3.05) is 27.4 Å². The maximum atomic E-state index is 13.9. The third-order valence-corrected chi connectivity index (χ3v) is 7.45. The molecule has 2 aromatic carbocycles. The highest BCUT2D eigenvalue weighted by Gasteiger charge is 2.35. The number of ether oxygens (including phenoxy) is 4. The van der Waals surface area contributed by atoms with Crippen molar-refractivity contribution in [3.8, 4) is 17.2 Å². The number of hydrogen-bond acceptors (Lipinski definition) is 9. The lowest BCUT2D eigenvalue weighted by Gasteiger charge is -2.26. The molecule has 10 nitrogen and oxygen atoms in total. The summed E-state index contributed by atoms with van der Waals surface area (Å²) in [5.41, 5.74) is 1.15. The van der Waals surface area contributed by atoms with E-state index in [1.165, 1.54) is 30.9 Å². The summed E-state index contributed by atoms with van der Waals surface area (Å²) in [6, 6.07) is 7.20. The summed E-state index contributed by atoms with van der Waals surface area (Å²) < 4.78 is 23.2. The molecule has 3 aromatic rings. The number of carboxylic acids is 1. The zero-order valence-electron chi connectivity index (χ0n) is 21.8. The number of carbonyl (C=O) groups is 2. The number of esters is 1. The van der Waals surface area contributed by atoms with E-state index < -0.39 is 30.1 Å². The average molecular weight is 607 g/mol. The van der Waals surface area contributed by atoms with Gasteiger partial charge in [0.15, 0.2) is 17.2 Å². The molecule has 1 aromatic heterocycles. The third-order valence-electron chi connectivity index (χ3n) is 5.91. The smallest absolute Gasteiger partial charge is 0.341 e. The van der Waals surface area contributed by atoms with E-state index in [1.54, 1.807) is 38.1 Å². The van der Waals surface area contributed by atoms with E-state index >= 15 is 0 Å². The average Bonchev–Trinajstić information content (AvgIpc) is 3.20. The van der Waals surface area contributed by atoms with Gasteiger partial charge < -0.3 is 24.1 Å². The van der Waals surface area contributed by atoms with E-state index in [-0.39, 0.29) is 32.5 Å². The van der Waals surface area contributed by atoms with E-state index in [4.69, 9.17) is 47.3 Å². The Kier molecular flexibility index (Phi) is 8.87. The molecular formula is C27H24Cl2N2O8S. The van der Waals surface area contributed by atoms with Gasteiger partial charge in [-0.3, -0.25) is 9.36 Å². The number of carboxylic acid groups (broad SMARTS) is 1. The number of aliphatic carboxylic acids is 1. The van der Waals surface area contributed by atoms with E-state index in [0.29, 0.717) is 33.1 Å². The number of fused-ring (bicyclic) bond motifs is 1. The molecule has 13 heteroatoms. The molecule has 2 heterocycles. The molecule has 1 atom stereocenters. The molecule has 1 aliphatic heterocycles. The minimum absolute atomic E-state index is 0.0177. The Labute approximate surface area is 242 Å². The van der Waals surface area contributed by atoms with Crippen molar-refractivity contribution in [1.82, 2.24) is 4.57 Å². The van der Waals surface area contributed by atoms with Crippen LogP contribution in [-0.4, -0.2) is 49.0 Å². The number of nitrogens with zero attached hydrogens (tertiary/aromatic N) is 2. The van der Waals surface area contributed by atoms with Gasteiger partial charge in [-0.2, -0.15) is 0 Å². The van der Waals surface area contributed by atoms with Crippen LogP contribution in [0.15, 0.2) is 51.4 Å². The molecule has 0 saturated carbocycles. The SMILES string of the molecule is CCOC(=O)C1=C(C)N=c2s/c(=C/c3cc(Cl)c(OCC(=O)O)c(Cl)c3)c(=O)n2[C@H]1c1cc(OC)ccc1OC. The molecule has 0 spiro atoms. The molecular weight excluding hydrogens is 583 g/mol. The van der Waals surface area contributed by atoms with Crippen molar-refractivity contribution >= 4 is 52.6 Å². The van der Waals surface area contributed by atoms with Gasteiger partial charge in [0.1, 0.15) is 17.5 Å². The minimum Gasteiger partial charge on any atom is -0.497 e. The molecule has 0 amide bonds. The number of rotatable bonds is 9. The van der Waals surface area contributed by atoms with Gasteiger partial charge in [-0.05, 0) is 55.8 Å². The van der Waals surface area contributed by atoms with E-state index in [2.05, 4.69) is 4.99 Å². The van der Waals surface area contributed by atoms with Crippen LogP contribution in [0.25, 0.3) is 6.08 Å². The van der Waals surface area contributed by atoms with Crippen molar-refractivity contribution in [3.63, 3.8) is 0 Å². The largest absolute Gasteiger partial charge is 0.497 e. The fourth-order valence-corrected chi connectivity index (χ4v) is 5.88. The standard InChI is InChI=1S/C27H24Cl2N2O8S/c1-5-38-26(35)22-13(2)30-27-31(23(22)16-11-15(36-3)6-7-19(16)37-4)25(34)20(40-27)10-14-8-17(28)24(18(29)9-14)39-12-21(32)33/h6-11,23H,5,12H2,1-4H3,(H,32,33)/b20-10+/t23-/m0/s1. The van der Waals surface area contributed by atoms with E-state index in [9.17, 15) is 14.4 Å². The van der Waals surface area contributed by atoms with Gasteiger partial charge in [-0.25, -0.2) is 14.6 Å². The minimum atomic E-state index is -1.18. The summed E-state index contributed by atoms with van der Waals surface area (Å²) >= 11 is 13.7. The maximum absolute atomic E-state index is 13.9. The Balaban J connectivity index is 1.93. The number of halogens is 2. The molecule has 0 saturated heterocycles. The first-order valence-corrected chi connectivity index (χ1v) is 13.4. The summed E-state index contributed by atoms with van der Waals surface area (Å²) in [5, 5.41) is 9.03. The second-order valence-corrected chi connectivity index (χ2v) is 10.2. The van der Waals surface area contributed by atoms with Crippen LogP contribution >= 0.6 is 34.5 Å². The van der Waals surface area contributed by atoms with Crippen LogP contribution in [0, 0.1) is 0 Å². The van der Waals surface area contributed by atoms with Crippen LogP contribution in [0.2, 0.25) is 10.0 Å². The van der Waals surface area contributed by atoms with Crippen LogP contribution in [0.3, 0.4) is 0 Å². The van der Waals surface area contributed by atoms with E-state index in [1.807, 2.05) is 0 Å². The Hall–Kier alpha value is -3.80. The highest BCUT2D eigenvalue weighted by atomic mass is 35.5. The van der Waals surface area contributed by atoms with Crippen LogP contribution in [0.5, 0.6) is 17.2 Å². The lowest BCUT2D eigenvalue weighted by Crippen LogP contribution is -2.40. The first-order chi connectivity index (χ1) is 19.1. The van der Waals surface area contributed by atoms with Crippen LogP contribution < -0.4 is 29.1 Å². The van der Waals surface area contributed by atoms with Crippen molar-refractivity contribution in [3.05, 3.63) is 82.5 Å². The quantitative estimate of drug-likeness (QED) is 0.366. The fourth-order valence-electron chi connectivity index (χ4n) is 4.22. The number of benzene rings is 2. The first kappa shape index (κ1) is 29.2. The first-order valence-electron chi connectivity index (χ1n) is 11.8. The number of methoxy groups -OCH3 is 2. The number of allylic oxidation sites excluding steroid dienone is 1. The zero-order chi connectivity index (χ0) is 29.1. The predicted molar refractivity (Wildman–Crippen MR) is 150 cm³/mol. The predicted octanol–water partition coefficient (Wildman–Crippen LogP) is 3.59. The Bertz CT molecular complexity index is 1690. The van der Waals surface area contributed by atoms with Crippen molar-refractivity contribution in [2.45, 2.75) is 19.9 Å². The van der Waals surface area contributed by atoms with Crippen molar-refractivity contribution in [1.29, 1.82) is 0 Å². The molecule has 0 radical (unpaired) electrons. The normalized spacial score (nSPS) is 14.8. The number of aromatic nitrogens is 1. The van der Waals surface area contributed by atoms with Gasteiger partial charge in [-0.15, -0.1) is 0 Å². The zero-order valence-corrected chi connectivity index (χ0v) is 24.1. The fraction of sp³-hybridized carbons (Fsp3) is 0.259. The maximum Gasteiger partial charge on any atom is 0.341 e. The molecule has 0 fully saturated rings. The summed E-state index contributed by atoms with van der Waals surface area (Å²) in [4.78, 5) is 42.8. The monoisotopic (exact) mass is 606 g/mol. The molecule has 1 N–H and O–H groups in total. The van der Waals surface area contributed by atoms with Gasteiger partial charge in [0, 0.05) is 5.56 Å². The second kappa shape index (κ2) is 12.2. The second-order valence-electron chi connectivity index (χ2n) is 8.41. The lowest BCUT2D eigenvalue weighted by atomic mass is 9.94. The van der Waals surface area contributed by atoms with Gasteiger partial charge >= 0.3 is 11.9 Å². The summed E-state index contributed by atoms with van der Waals surface area (Å²) in [5.74, 6) is -0.831. The van der Waals surface area contributed by atoms with Crippen LogP contribution in [-0.2, 0) is 14.3 Å². The highest BCUT2D eigenvalue weighted by Crippen LogP contribution is 2.38. The van der Waals surface area contributed by atoms with Crippen LogP contribution in [0.1, 0.15) is 31.0 Å². The van der Waals surface area contributed by atoms with Crippen molar-refractivity contribution in [2.24, 2.45) is 4.99 Å². The lowest BCUT2D eigenvalue weighted by molar-refractivity contribution is -0.140. The molecule has 4 rings (SSSR count). The molecule has 0 bridgehead atoms. The van der Waals surface area contributed by atoms with Gasteiger partial charge in [0.05, 0.1) is 46.7 Å². The molecule has 1 aliphatic rings. The molecule has 0 unspecified atom stereocenters. The van der Waals surface area contributed by atoms with E-state index in [0.717, 1.165) is 11.3 Å². The summed E-state index contributed by atoms with van der Waals surface area (Å²) in [6.45, 7) is 2.89. The number of hydrogen-bond donors (Lipinski definition) is 1. The molecule has 210 valence electrons. The Morgan fingerprint density at radius 1 is 1.15 bits per heavy atom. The van der Waals surface area contributed by atoms with Gasteiger partial charge in [0.25, 0.3) is 5.56 Å². The van der Waals surface area contributed by atoms with Crippen LogP contribution in [0.4, 0.5) is 0 Å². The van der Waals surface area contributed by atoms with Gasteiger partial charge in [0.2, 0.25) is 0 Å². The Morgan fingerprint density at radius 2 is 1.85 bits per heavy atom. The third kappa shape index (κ3) is 5.72. The summed E-state index contributed by atoms with van der Waals surface area (Å²) in [7, 11) is 3.01. The number of carbonyl (C=O) groups excluding carboxylic acids is 1. The Morgan fingerprint density at radius 3 is 2.45 bits per heavy atom. The highest BCUT2D eigenvalue weighted by molar-refractivity contribution is 7.07. The molecule has 0 aliphatic carbocycles. The van der Waals surface area contributed by atoms with Gasteiger partial charge in [-0.1, -0.05) is 34.5 Å². The topological polar surface area (TPSA) is 126 Å². The summed E-state index contributed by atoms with van der Waals surface area (Å²) in [6.07, 6.45) is 1.58. The van der Waals surface area contributed by atoms with Crippen molar-refractivity contribution < 1.29 is 33.6 Å². The molecule has 40 heavy (non-hydrogen) atoms. The number of thiazole rings is 1.